The highest BCUT2D eigenvalue weighted by atomic mass is 35.5. The highest BCUT2D eigenvalue weighted by molar-refractivity contribution is 6.31. The first-order chi connectivity index (χ1) is 9.78. The van der Waals surface area contributed by atoms with Gasteiger partial charge in [-0.25, -0.2) is 0 Å². The van der Waals surface area contributed by atoms with E-state index in [9.17, 15) is 9.59 Å². The van der Waals surface area contributed by atoms with Crippen LogP contribution >= 0.6 is 11.6 Å². The summed E-state index contributed by atoms with van der Waals surface area (Å²) in [6.07, 6.45) is 1.89. The molecule has 1 aromatic rings. The van der Waals surface area contributed by atoms with E-state index in [1.165, 1.54) is 0 Å². The topological polar surface area (TPSA) is 58.2 Å². The minimum absolute atomic E-state index is 0.270. The molecule has 1 rings (SSSR count). The minimum atomic E-state index is -1.14. The molecule has 5 heteroatoms. The molecule has 0 aliphatic rings. The fraction of sp³-hybridized carbons (Fsp3) is 0.500. The van der Waals surface area contributed by atoms with E-state index < -0.39 is 5.41 Å². The zero-order chi connectivity index (χ0) is 16.0. The normalized spacial score (nSPS) is 11.1. The molecule has 0 aliphatic heterocycles. The number of amides is 2. The molecule has 0 heterocycles. The van der Waals surface area contributed by atoms with Crippen molar-refractivity contribution in [2.24, 2.45) is 5.41 Å². The molecule has 21 heavy (non-hydrogen) atoms. The van der Waals surface area contributed by atoms with Crippen LogP contribution in [-0.4, -0.2) is 18.4 Å². The Morgan fingerprint density at radius 1 is 1.24 bits per heavy atom. The summed E-state index contributed by atoms with van der Waals surface area (Å²) >= 11 is 5.93. The molecule has 2 amide bonds. The molecule has 0 aliphatic carbocycles. The van der Waals surface area contributed by atoms with Crippen LogP contribution in [0.5, 0.6) is 0 Å². The van der Waals surface area contributed by atoms with Gasteiger partial charge >= 0.3 is 0 Å². The van der Waals surface area contributed by atoms with E-state index in [4.69, 9.17) is 11.6 Å². The molecule has 0 fully saturated rings. The van der Waals surface area contributed by atoms with Gasteiger partial charge in [0.05, 0.1) is 0 Å². The van der Waals surface area contributed by atoms with Crippen molar-refractivity contribution in [3.05, 3.63) is 28.8 Å². The first kappa shape index (κ1) is 17.5. The van der Waals surface area contributed by atoms with Gasteiger partial charge in [-0.3, -0.25) is 9.59 Å². The summed E-state index contributed by atoms with van der Waals surface area (Å²) in [7, 11) is 0. The Morgan fingerprint density at radius 2 is 1.90 bits per heavy atom. The van der Waals surface area contributed by atoms with E-state index >= 15 is 0 Å². The summed E-state index contributed by atoms with van der Waals surface area (Å²) in [5, 5.41) is 6.11. The second kappa shape index (κ2) is 7.46. The SMILES string of the molecule is CCCCNC(=O)C(C)(C)C(=O)Nc1cc(Cl)ccc1C. The van der Waals surface area contributed by atoms with Gasteiger partial charge in [-0.2, -0.15) is 0 Å². The Bertz CT molecular complexity index is 527. The van der Waals surface area contributed by atoms with Crippen LogP contribution in [0.2, 0.25) is 5.02 Å². The van der Waals surface area contributed by atoms with Crippen molar-refractivity contribution in [2.45, 2.75) is 40.5 Å². The third kappa shape index (κ3) is 4.74. The highest BCUT2D eigenvalue weighted by Crippen LogP contribution is 2.24. The maximum absolute atomic E-state index is 12.4. The van der Waals surface area contributed by atoms with Crippen molar-refractivity contribution in [3.8, 4) is 0 Å². The zero-order valence-corrected chi connectivity index (χ0v) is 13.8. The molecule has 0 atom stereocenters. The lowest BCUT2D eigenvalue weighted by atomic mass is 9.90. The van der Waals surface area contributed by atoms with Gasteiger partial charge in [0.25, 0.3) is 0 Å². The quantitative estimate of drug-likeness (QED) is 0.624. The summed E-state index contributed by atoms with van der Waals surface area (Å²) < 4.78 is 0. The van der Waals surface area contributed by atoms with E-state index in [-0.39, 0.29) is 11.8 Å². The average molecular weight is 311 g/mol. The van der Waals surface area contributed by atoms with Gasteiger partial charge in [-0.15, -0.1) is 0 Å². The summed E-state index contributed by atoms with van der Waals surface area (Å²) in [4.78, 5) is 24.5. The van der Waals surface area contributed by atoms with Gasteiger partial charge in [-0.05, 0) is 44.9 Å². The number of hydrogen-bond donors (Lipinski definition) is 2. The van der Waals surface area contributed by atoms with Crippen LogP contribution in [0.15, 0.2) is 18.2 Å². The Labute approximate surface area is 131 Å². The number of aryl methyl sites for hydroxylation is 1. The first-order valence-corrected chi connectivity index (χ1v) is 7.52. The number of rotatable bonds is 6. The maximum atomic E-state index is 12.4. The smallest absolute Gasteiger partial charge is 0.239 e. The number of nitrogens with one attached hydrogen (secondary N) is 2. The number of carbonyl (C=O) groups is 2. The van der Waals surface area contributed by atoms with Crippen molar-refractivity contribution in [2.75, 3.05) is 11.9 Å². The molecular formula is C16H23ClN2O2. The molecular weight excluding hydrogens is 288 g/mol. The van der Waals surface area contributed by atoms with Gasteiger partial charge in [-0.1, -0.05) is 31.0 Å². The second-order valence-corrected chi connectivity index (χ2v) is 6.08. The molecule has 0 radical (unpaired) electrons. The molecule has 116 valence electrons. The highest BCUT2D eigenvalue weighted by Gasteiger charge is 2.36. The number of unbranched alkanes of at least 4 members (excludes halogenated alkanes) is 1. The third-order valence-electron chi connectivity index (χ3n) is 3.40. The van der Waals surface area contributed by atoms with Crippen LogP contribution in [0.3, 0.4) is 0 Å². The summed E-state index contributed by atoms with van der Waals surface area (Å²) in [6.45, 7) is 7.74. The van der Waals surface area contributed by atoms with Crippen molar-refractivity contribution in [3.63, 3.8) is 0 Å². The lowest BCUT2D eigenvalue weighted by molar-refractivity contribution is -0.138. The average Bonchev–Trinajstić information content (AvgIpc) is 2.42. The van der Waals surface area contributed by atoms with Crippen LogP contribution in [-0.2, 0) is 9.59 Å². The van der Waals surface area contributed by atoms with Crippen LogP contribution < -0.4 is 10.6 Å². The lowest BCUT2D eigenvalue weighted by Gasteiger charge is -2.23. The molecule has 2 N–H and O–H groups in total. The molecule has 4 nitrogen and oxygen atoms in total. The predicted octanol–water partition coefficient (Wildman–Crippen LogP) is 3.53. The monoisotopic (exact) mass is 310 g/mol. The molecule has 0 saturated carbocycles. The minimum Gasteiger partial charge on any atom is -0.355 e. The Morgan fingerprint density at radius 3 is 2.52 bits per heavy atom. The van der Waals surface area contributed by atoms with E-state index in [0.717, 1.165) is 18.4 Å². The molecule has 0 spiro atoms. The van der Waals surface area contributed by atoms with E-state index in [1.807, 2.05) is 19.9 Å². The zero-order valence-electron chi connectivity index (χ0n) is 13.0. The number of anilines is 1. The lowest BCUT2D eigenvalue weighted by Crippen LogP contribution is -2.45. The standard InChI is InChI=1S/C16H23ClN2O2/c1-5-6-9-18-14(20)16(3,4)15(21)19-13-10-12(17)8-7-11(13)2/h7-8,10H,5-6,9H2,1-4H3,(H,18,20)(H,19,21). The van der Waals surface area contributed by atoms with Crippen molar-refractivity contribution in [1.29, 1.82) is 0 Å². The molecule has 1 aromatic carbocycles. The van der Waals surface area contributed by atoms with Crippen LogP contribution in [0.25, 0.3) is 0 Å². The molecule has 0 bridgehead atoms. The first-order valence-electron chi connectivity index (χ1n) is 7.15. The summed E-state index contributed by atoms with van der Waals surface area (Å²) in [6, 6.07) is 5.27. The van der Waals surface area contributed by atoms with Crippen LogP contribution in [0, 0.1) is 12.3 Å². The van der Waals surface area contributed by atoms with Gasteiger partial charge in [0.1, 0.15) is 5.41 Å². The maximum Gasteiger partial charge on any atom is 0.239 e. The third-order valence-corrected chi connectivity index (χ3v) is 3.63. The predicted molar refractivity (Wildman–Crippen MR) is 86.5 cm³/mol. The van der Waals surface area contributed by atoms with Gasteiger partial charge in [0.15, 0.2) is 0 Å². The Balaban J connectivity index is 2.76. The van der Waals surface area contributed by atoms with Gasteiger partial charge in [0, 0.05) is 17.3 Å². The molecule has 0 unspecified atom stereocenters. The number of benzene rings is 1. The van der Waals surface area contributed by atoms with Gasteiger partial charge < -0.3 is 10.6 Å². The van der Waals surface area contributed by atoms with Crippen molar-refractivity contribution >= 4 is 29.1 Å². The second-order valence-electron chi connectivity index (χ2n) is 5.65. The van der Waals surface area contributed by atoms with E-state index in [1.54, 1.807) is 26.0 Å². The van der Waals surface area contributed by atoms with E-state index in [0.29, 0.717) is 17.3 Å². The van der Waals surface area contributed by atoms with Crippen molar-refractivity contribution in [1.82, 2.24) is 5.32 Å². The van der Waals surface area contributed by atoms with Gasteiger partial charge in [0.2, 0.25) is 11.8 Å². The summed E-state index contributed by atoms with van der Waals surface area (Å²) in [5.74, 6) is -0.616. The summed E-state index contributed by atoms with van der Waals surface area (Å²) in [5.41, 5.74) is 0.388. The largest absolute Gasteiger partial charge is 0.355 e. The van der Waals surface area contributed by atoms with Crippen LogP contribution in [0.1, 0.15) is 39.2 Å². The van der Waals surface area contributed by atoms with Crippen LogP contribution in [0.4, 0.5) is 5.69 Å². The molecule has 0 aromatic heterocycles. The Kier molecular flexibility index (Phi) is 6.21. The number of halogens is 1. The van der Waals surface area contributed by atoms with Crippen molar-refractivity contribution < 1.29 is 9.59 Å². The number of carbonyl (C=O) groups excluding carboxylic acids is 2. The molecule has 0 saturated heterocycles. The Hall–Kier alpha value is -1.55. The fourth-order valence-corrected chi connectivity index (χ4v) is 1.88. The number of hydrogen-bond acceptors (Lipinski definition) is 2. The van der Waals surface area contributed by atoms with E-state index in [2.05, 4.69) is 10.6 Å². The fourth-order valence-electron chi connectivity index (χ4n) is 1.71.